The highest BCUT2D eigenvalue weighted by atomic mass is 19.4. The van der Waals surface area contributed by atoms with Crippen LogP contribution < -0.4 is 4.90 Å². The standard InChI is InChI=1S/C28H31F3N4O2/c1-2-35(23-11-10-22(17-32)25(15-23)28(29,30)31)24-9-6-12-27(36,16-24)26-18-33-20-34(26)13-14-37-19-21-7-4-3-5-8-21/h3-5,7-8,10-11,15,18,20,24,36H,2,6,9,12-14,16,19H2,1H3. The fraction of sp³-hybridized carbons (Fsp3) is 0.429. The molecule has 9 heteroatoms. The molecule has 6 nitrogen and oxygen atoms in total. The van der Waals surface area contributed by atoms with Crippen molar-refractivity contribution in [1.82, 2.24) is 9.55 Å². The van der Waals surface area contributed by atoms with Crippen LogP contribution in [-0.2, 0) is 29.7 Å². The number of rotatable bonds is 9. The zero-order chi connectivity index (χ0) is 26.5. The number of hydrogen-bond donors (Lipinski definition) is 1. The second-order valence-electron chi connectivity index (χ2n) is 9.42. The number of aromatic nitrogens is 2. The highest BCUT2D eigenvalue weighted by molar-refractivity contribution is 5.55. The highest BCUT2D eigenvalue weighted by Crippen LogP contribution is 2.41. The van der Waals surface area contributed by atoms with Gasteiger partial charge < -0.3 is 19.3 Å². The van der Waals surface area contributed by atoms with Gasteiger partial charge in [-0.05, 0) is 49.9 Å². The summed E-state index contributed by atoms with van der Waals surface area (Å²) in [5.41, 5.74) is -0.334. The molecule has 2 aromatic carbocycles. The highest BCUT2D eigenvalue weighted by Gasteiger charge is 2.41. The molecule has 2 unspecified atom stereocenters. The molecule has 0 saturated heterocycles. The van der Waals surface area contributed by atoms with Crippen LogP contribution in [0.15, 0.2) is 61.1 Å². The first-order valence-electron chi connectivity index (χ1n) is 12.5. The van der Waals surface area contributed by atoms with E-state index in [1.807, 2.05) is 46.7 Å². The molecule has 1 heterocycles. The van der Waals surface area contributed by atoms with Gasteiger partial charge in [0.2, 0.25) is 0 Å². The maximum Gasteiger partial charge on any atom is 0.417 e. The van der Waals surface area contributed by atoms with Gasteiger partial charge in [-0.2, -0.15) is 18.4 Å². The van der Waals surface area contributed by atoms with E-state index in [1.165, 1.54) is 6.07 Å². The molecule has 0 radical (unpaired) electrons. The summed E-state index contributed by atoms with van der Waals surface area (Å²) >= 11 is 0. The largest absolute Gasteiger partial charge is 0.417 e. The van der Waals surface area contributed by atoms with Gasteiger partial charge in [-0.3, -0.25) is 0 Å². The van der Waals surface area contributed by atoms with Crippen LogP contribution in [0.4, 0.5) is 18.9 Å². The number of aliphatic hydroxyl groups is 1. The summed E-state index contributed by atoms with van der Waals surface area (Å²) in [5.74, 6) is 0. The van der Waals surface area contributed by atoms with Gasteiger partial charge in [0.1, 0.15) is 5.60 Å². The monoisotopic (exact) mass is 512 g/mol. The molecule has 0 spiro atoms. The normalized spacial score (nSPS) is 19.9. The van der Waals surface area contributed by atoms with Gasteiger partial charge >= 0.3 is 6.18 Å². The number of nitrogens with zero attached hydrogens (tertiary/aromatic N) is 4. The minimum atomic E-state index is -4.62. The van der Waals surface area contributed by atoms with Crippen molar-refractivity contribution in [1.29, 1.82) is 5.26 Å². The van der Waals surface area contributed by atoms with Crippen molar-refractivity contribution in [2.24, 2.45) is 0 Å². The Morgan fingerprint density at radius 1 is 1.24 bits per heavy atom. The number of alkyl halides is 3. The van der Waals surface area contributed by atoms with Gasteiger partial charge in [-0.15, -0.1) is 0 Å². The summed E-state index contributed by atoms with van der Waals surface area (Å²) in [4.78, 5) is 6.16. The molecule has 0 amide bonds. The number of ether oxygens (including phenoxy) is 1. The van der Waals surface area contributed by atoms with Gasteiger partial charge in [-0.1, -0.05) is 30.3 Å². The maximum absolute atomic E-state index is 13.6. The minimum Gasteiger partial charge on any atom is -0.383 e. The quantitative estimate of drug-likeness (QED) is 0.375. The van der Waals surface area contributed by atoms with E-state index in [9.17, 15) is 18.3 Å². The Morgan fingerprint density at radius 3 is 2.73 bits per heavy atom. The van der Waals surface area contributed by atoms with Crippen LogP contribution in [0.25, 0.3) is 0 Å². The van der Waals surface area contributed by atoms with E-state index in [2.05, 4.69) is 4.98 Å². The van der Waals surface area contributed by atoms with Crippen LogP contribution in [-0.4, -0.2) is 33.9 Å². The second-order valence-corrected chi connectivity index (χ2v) is 9.42. The lowest BCUT2D eigenvalue weighted by molar-refractivity contribution is -0.137. The molecular formula is C28H31F3N4O2. The van der Waals surface area contributed by atoms with Crippen LogP contribution in [0.2, 0.25) is 0 Å². The first kappa shape index (κ1) is 26.7. The van der Waals surface area contributed by atoms with Crippen molar-refractivity contribution in [3.8, 4) is 6.07 Å². The summed E-state index contributed by atoms with van der Waals surface area (Å²) in [7, 11) is 0. The number of benzene rings is 2. The molecule has 0 aliphatic heterocycles. The summed E-state index contributed by atoms with van der Waals surface area (Å²) in [6, 6.07) is 15.2. The Kier molecular flexibility index (Phi) is 8.20. The van der Waals surface area contributed by atoms with Crippen LogP contribution in [0.5, 0.6) is 0 Å². The van der Waals surface area contributed by atoms with Crippen molar-refractivity contribution in [2.75, 3.05) is 18.1 Å². The fourth-order valence-corrected chi connectivity index (χ4v) is 5.23. The molecule has 1 N–H and O–H groups in total. The minimum absolute atomic E-state index is 0.171. The third-order valence-electron chi connectivity index (χ3n) is 7.02. The lowest BCUT2D eigenvalue weighted by Gasteiger charge is -2.43. The molecule has 1 aliphatic rings. The molecule has 1 fully saturated rings. The number of hydrogen-bond acceptors (Lipinski definition) is 5. The lowest BCUT2D eigenvalue weighted by Crippen LogP contribution is -2.45. The van der Waals surface area contributed by atoms with E-state index in [1.54, 1.807) is 24.7 Å². The first-order chi connectivity index (χ1) is 17.7. The summed E-state index contributed by atoms with van der Waals surface area (Å²) < 4.78 is 48.4. The topological polar surface area (TPSA) is 74.3 Å². The van der Waals surface area contributed by atoms with E-state index in [0.29, 0.717) is 50.5 Å². The number of anilines is 1. The SMILES string of the molecule is CCN(c1ccc(C#N)c(C(F)(F)F)c1)C1CCCC(O)(c2cncn2CCOCc2ccccc2)C1. The summed E-state index contributed by atoms with van der Waals surface area (Å²) in [6.45, 7) is 3.82. The zero-order valence-corrected chi connectivity index (χ0v) is 20.8. The zero-order valence-electron chi connectivity index (χ0n) is 20.8. The molecule has 196 valence electrons. The van der Waals surface area contributed by atoms with Crippen molar-refractivity contribution in [3.63, 3.8) is 0 Å². The third kappa shape index (κ3) is 6.14. The number of nitriles is 1. The molecule has 4 rings (SSSR count). The Balaban J connectivity index is 1.48. The molecular weight excluding hydrogens is 481 g/mol. The second kappa shape index (κ2) is 11.4. The van der Waals surface area contributed by atoms with Crippen molar-refractivity contribution < 1.29 is 23.0 Å². The van der Waals surface area contributed by atoms with Crippen molar-refractivity contribution in [3.05, 3.63) is 83.4 Å². The van der Waals surface area contributed by atoms with E-state index in [-0.39, 0.29) is 6.04 Å². The molecule has 1 saturated carbocycles. The van der Waals surface area contributed by atoms with Crippen molar-refractivity contribution in [2.45, 2.75) is 63.6 Å². The van der Waals surface area contributed by atoms with Crippen LogP contribution >= 0.6 is 0 Å². The van der Waals surface area contributed by atoms with Crippen LogP contribution in [0.3, 0.4) is 0 Å². The summed E-state index contributed by atoms with van der Waals surface area (Å²) in [5, 5.41) is 20.9. The maximum atomic E-state index is 13.6. The Labute approximate surface area is 214 Å². The Hall–Kier alpha value is -3.35. The fourth-order valence-electron chi connectivity index (χ4n) is 5.23. The lowest BCUT2D eigenvalue weighted by atomic mass is 9.79. The van der Waals surface area contributed by atoms with Crippen LogP contribution in [0.1, 0.15) is 55.0 Å². The van der Waals surface area contributed by atoms with Gasteiger partial charge in [-0.25, -0.2) is 4.98 Å². The van der Waals surface area contributed by atoms with Gasteiger partial charge in [0.05, 0.1) is 48.6 Å². The van der Waals surface area contributed by atoms with E-state index in [4.69, 9.17) is 10.00 Å². The van der Waals surface area contributed by atoms with E-state index in [0.717, 1.165) is 24.5 Å². The van der Waals surface area contributed by atoms with Crippen molar-refractivity contribution >= 4 is 5.69 Å². The van der Waals surface area contributed by atoms with Crippen LogP contribution in [0, 0.1) is 11.3 Å². The first-order valence-corrected chi connectivity index (χ1v) is 12.5. The van der Waals surface area contributed by atoms with Gasteiger partial charge in [0.15, 0.2) is 0 Å². The number of imidazole rings is 1. The molecule has 3 aromatic rings. The van der Waals surface area contributed by atoms with Gasteiger partial charge in [0.25, 0.3) is 0 Å². The molecule has 2 atom stereocenters. The van der Waals surface area contributed by atoms with Gasteiger partial charge in [0, 0.05) is 31.2 Å². The predicted octanol–water partition coefficient (Wildman–Crippen LogP) is 5.65. The third-order valence-corrected chi connectivity index (χ3v) is 7.02. The Morgan fingerprint density at radius 2 is 2.03 bits per heavy atom. The average molecular weight is 513 g/mol. The smallest absolute Gasteiger partial charge is 0.383 e. The summed E-state index contributed by atoms with van der Waals surface area (Å²) in [6.07, 6.45) is 1.08. The average Bonchev–Trinajstić information content (AvgIpc) is 3.37. The molecule has 1 aliphatic carbocycles. The Bertz CT molecular complexity index is 1220. The predicted molar refractivity (Wildman–Crippen MR) is 134 cm³/mol. The van der Waals surface area contributed by atoms with E-state index < -0.39 is 22.9 Å². The van der Waals surface area contributed by atoms with E-state index >= 15 is 0 Å². The number of halogens is 3. The molecule has 37 heavy (non-hydrogen) atoms. The molecule has 0 bridgehead atoms. The molecule has 1 aromatic heterocycles.